The average Bonchev–Trinajstić information content (AvgIpc) is 2.78. The molecule has 1 N–H and O–H groups in total. The van der Waals surface area contributed by atoms with Crippen LogP contribution >= 0.6 is 0 Å². The van der Waals surface area contributed by atoms with E-state index < -0.39 is 5.97 Å². The lowest BCUT2D eigenvalue weighted by Crippen LogP contribution is -2.06. The minimum atomic E-state index is -0.911. The van der Waals surface area contributed by atoms with Gasteiger partial charge in [-0.25, -0.2) is 4.98 Å². The van der Waals surface area contributed by atoms with Gasteiger partial charge in [-0.1, -0.05) is 48.5 Å². The summed E-state index contributed by atoms with van der Waals surface area (Å²) in [6.45, 7) is 0. The number of hydrogen-bond donors (Lipinski definition) is 1. The van der Waals surface area contributed by atoms with Crippen molar-refractivity contribution in [1.29, 1.82) is 0 Å². The predicted octanol–water partition coefficient (Wildman–Crippen LogP) is 5.21. The first kappa shape index (κ1) is 19.5. The molecule has 30 heavy (non-hydrogen) atoms. The van der Waals surface area contributed by atoms with E-state index in [9.17, 15) is 9.90 Å². The number of pyridine rings is 1. The maximum Gasteiger partial charge on any atom is 0.307 e. The fraction of sp³-hybridized carbons (Fsp3) is 0.120. The SMILES string of the molecule is COc1ccc(-c2nc3ccccc3c(-c3ccccc3)c2CC(=O)O)cc1OC. The Morgan fingerprint density at radius 3 is 2.27 bits per heavy atom. The number of carboxylic acid groups (broad SMARTS) is 1. The molecule has 0 saturated carbocycles. The first-order valence-electron chi connectivity index (χ1n) is 9.53. The third kappa shape index (κ3) is 3.57. The molecule has 5 heteroatoms. The minimum Gasteiger partial charge on any atom is -0.493 e. The summed E-state index contributed by atoms with van der Waals surface area (Å²) in [5.41, 5.74) is 4.69. The molecule has 0 aliphatic carbocycles. The number of carboxylic acids is 1. The molecular weight excluding hydrogens is 378 g/mol. The standard InChI is InChI=1S/C25H21NO4/c1-29-21-13-12-17(14-22(21)30-2)25-19(15-23(27)28)24(16-8-4-3-5-9-16)18-10-6-7-11-20(18)26-25/h3-14H,15H2,1-2H3,(H,27,28). The van der Waals surface area contributed by atoms with Crippen LogP contribution in [0.15, 0.2) is 72.8 Å². The van der Waals surface area contributed by atoms with Crippen molar-refractivity contribution < 1.29 is 19.4 Å². The molecule has 1 aromatic heterocycles. The molecule has 0 radical (unpaired) electrons. The van der Waals surface area contributed by atoms with Gasteiger partial charge >= 0.3 is 5.97 Å². The van der Waals surface area contributed by atoms with Gasteiger partial charge in [-0.3, -0.25) is 4.79 Å². The minimum absolute atomic E-state index is 0.147. The fourth-order valence-electron chi connectivity index (χ4n) is 3.73. The van der Waals surface area contributed by atoms with Crippen LogP contribution in [-0.2, 0) is 11.2 Å². The number of hydrogen-bond acceptors (Lipinski definition) is 4. The number of carbonyl (C=O) groups is 1. The second-order valence-corrected chi connectivity index (χ2v) is 6.84. The summed E-state index contributed by atoms with van der Waals surface area (Å²) in [6, 6.07) is 23.1. The number of para-hydroxylation sites is 1. The molecule has 0 saturated heterocycles. The Kier molecular flexibility index (Phi) is 5.35. The molecule has 4 rings (SSSR count). The average molecular weight is 399 g/mol. The third-order valence-electron chi connectivity index (χ3n) is 5.04. The lowest BCUT2D eigenvalue weighted by atomic mass is 9.90. The normalized spacial score (nSPS) is 10.7. The number of rotatable bonds is 6. The monoisotopic (exact) mass is 399 g/mol. The molecule has 1 heterocycles. The first-order chi connectivity index (χ1) is 14.6. The highest BCUT2D eigenvalue weighted by atomic mass is 16.5. The highest BCUT2D eigenvalue weighted by Gasteiger charge is 2.20. The van der Waals surface area contributed by atoms with Gasteiger partial charge in [0.25, 0.3) is 0 Å². The van der Waals surface area contributed by atoms with Crippen LogP contribution in [0, 0.1) is 0 Å². The number of aromatic nitrogens is 1. The summed E-state index contributed by atoms with van der Waals surface area (Å²) in [4.78, 5) is 16.7. The van der Waals surface area contributed by atoms with E-state index in [0.29, 0.717) is 22.8 Å². The van der Waals surface area contributed by atoms with Crippen LogP contribution in [0.5, 0.6) is 11.5 Å². The molecule has 0 atom stereocenters. The van der Waals surface area contributed by atoms with E-state index in [-0.39, 0.29) is 6.42 Å². The summed E-state index contributed by atoms with van der Waals surface area (Å²) in [5, 5.41) is 10.6. The van der Waals surface area contributed by atoms with Crippen LogP contribution < -0.4 is 9.47 Å². The Morgan fingerprint density at radius 1 is 0.867 bits per heavy atom. The number of benzene rings is 3. The van der Waals surface area contributed by atoms with Crippen LogP contribution in [0.25, 0.3) is 33.3 Å². The van der Waals surface area contributed by atoms with Crippen LogP contribution in [0.4, 0.5) is 0 Å². The molecule has 0 amide bonds. The predicted molar refractivity (Wildman–Crippen MR) is 117 cm³/mol. The van der Waals surface area contributed by atoms with Crippen molar-refractivity contribution in [3.8, 4) is 33.9 Å². The number of ether oxygens (including phenoxy) is 2. The number of methoxy groups -OCH3 is 2. The Morgan fingerprint density at radius 2 is 1.57 bits per heavy atom. The molecule has 0 fully saturated rings. The number of fused-ring (bicyclic) bond motifs is 1. The zero-order valence-corrected chi connectivity index (χ0v) is 16.8. The summed E-state index contributed by atoms with van der Waals surface area (Å²) in [5.74, 6) is 0.253. The number of nitrogens with zero attached hydrogens (tertiary/aromatic N) is 1. The Labute approximate surface area is 174 Å². The largest absolute Gasteiger partial charge is 0.493 e. The molecule has 3 aromatic carbocycles. The second-order valence-electron chi connectivity index (χ2n) is 6.84. The smallest absolute Gasteiger partial charge is 0.307 e. The van der Waals surface area contributed by atoms with Gasteiger partial charge in [-0.2, -0.15) is 0 Å². The zero-order chi connectivity index (χ0) is 21.1. The van der Waals surface area contributed by atoms with Gasteiger partial charge in [0.05, 0.1) is 31.9 Å². The maximum atomic E-state index is 11.8. The molecule has 0 aliphatic rings. The zero-order valence-electron chi connectivity index (χ0n) is 16.8. The van der Waals surface area contributed by atoms with Crippen molar-refractivity contribution in [2.45, 2.75) is 6.42 Å². The summed E-state index contributed by atoms with van der Waals surface area (Å²) < 4.78 is 10.8. The molecule has 0 bridgehead atoms. The van der Waals surface area contributed by atoms with Crippen molar-refractivity contribution in [2.75, 3.05) is 14.2 Å². The van der Waals surface area contributed by atoms with E-state index in [1.165, 1.54) is 0 Å². The third-order valence-corrected chi connectivity index (χ3v) is 5.04. The summed E-state index contributed by atoms with van der Waals surface area (Å²) >= 11 is 0. The molecule has 4 aromatic rings. The lowest BCUT2D eigenvalue weighted by Gasteiger charge is -2.18. The highest BCUT2D eigenvalue weighted by molar-refractivity contribution is 6.00. The van der Waals surface area contributed by atoms with Crippen molar-refractivity contribution in [1.82, 2.24) is 4.98 Å². The highest BCUT2D eigenvalue weighted by Crippen LogP contribution is 2.39. The quantitative estimate of drug-likeness (QED) is 0.482. The maximum absolute atomic E-state index is 11.8. The van der Waals surface area contributed by atoms with E-state index in [4.69, 9.17) is 14.5 Å². The molecule has 0 spiro atoms. The van der Waals surface area contributed by atoms with Gasteiger partial charge in [-0.05, 0) is 41.0 Å². The van der Waals surface area contributed by atoms with E-state index in [1.807, 2.05) is 66.7 Å². The van der Waals surface area contributed by atoms with Crippen molar-refractivity contribution in [2.24, 2.45) is 0 Å². The van der Waals surface area contributed by atoms with Gasteiger partial charge in [0.15, 0.2) is 11.5 Å². The van der Waals surface area contributed by atoms with Crippen molar-refractivity contribution in [3.63, 3.8) is 0 Å². The van der Waals surface area contributed by atoms with Gasteiger partial charge < -0.3 is 14.6 Å². The molecule has 5 nitrogen and oxygen atoms in total. The Hall–Kier alpha value is -3.86. The van der Waals surface area contributed by atoms with Crippen LogP contribution in [0.1, 0.15) is 5.56 Å². The summed E-state index contributed by atoms with van der Waals surface area (Å²) in [6.07, 6.45) is -0.147. The van der Waals surface area contributed by atoms with E-state index in [2.05, 4.69) is 0 Å². The Bertz CT molecular complexity index is 1220. The Balaban J connectivity index is 2.08. The van der Waals surface area contributed by atoms with E-state index in [0.717, 1.165) is 27.6 Å². The van der Waals surface area contributed by atoms with Gasteiger partial charge in [0.1, 0.15) is 0 Å². The van der Waals surface area contributed by atoms with Crippen molar-refractivity contribution >= 4 is 16.9 Å². The van der Waals surface area contributed by atoms with Crippen molar-refractivity contribution in [3.05, 3.63) is 78.4 Å². The molecular formula is C25H21NO4. The van der Waals surface area contributed by atoms with Crippen LogP contribution in [0.3, 0.4) is 0 Å². The first-order valence-corrected chi connectivity index (χ1v) is 9.53. The molecule has 150 valence electrons. The second kappa shape index (κ2) is 8.25. The lowest BCUT2D eigenvalue weighted by molar-refractivity contribution is -0.136. The van der Waals surface area contributed by atoms with Gasteiger partial charge in [0.2, 0.25) is 0 Å². The number of aliphatic carboxylic acids is 1. The summed E-state index contributed by atoms with van der Waals surface area (Å²) in [7, 11) is 3.15. The fourth-order valence-corrected chi connectivity index (χ4v) is 3.73. The topological polar surface area (TPSA) is 68.7 Å². The van der Waals surface area contributed by atoms with Crippen LogP contribution in [0.2, 0.25) is 0 Å². The van der Waals surface area contributed by atoms with Gasteiger partial charge in [0, 0.05) is 10.9 Å². The van der Waals surface area contributed by atoms with Gasteiger partial charge in [-0.15, -0.1) is 0 Å². The molecule has 0 unspecified atom stereocenters. The van der Waals surface area contributed by atoms with E-state index in [1.54, 1.807) is 20.3 Å². The van der Waals surface area contributed by atoms with E-state index >= 15 is 0 Å². The molecule has 0 aliphatic heterocycles. The van der Waals surface area contributed by atoms with Crippen LogP contribution in [-0.4, -0.2) is 30.3 Å².